The third kappa shape index (κ3) is 3.19. The number of rotatable bonds is 4. The minimum atomic E-state index is -0.716. The fourth-order valence-corrected chi connectivity index (χ4v) is 3.80. The van der Waals surface area contributed by atoms with Crippen LogP contribution >= 0.6 is 23.1 Å². The monoisotopic (exact) mass is 333 g/mol. The van der Waals surface area contributed by atoms with Gasteiger partial charge in [-0.3, -0.25) is 4.79 Å². The number of hydrogen-bond acceptors (Lipinski definition) is 5. The van der Waals surface area contributed by atoms with E-state index in [9.17, 15) is 4.79 Å². The molecule has 0 saturated heterocycles. The molecule has 0 spiro atoms. The molecule has 1 aromatic carbocycles. The highest BCUT2D eigenvalue weighted by Crippen LogP contribution is 2.30. The van der Waals surface area contributed by atoms with Crippen molar-refractivity contribution in [1.29, 1.82) is 0 Å². The van der Waals surface area contributed by atoms with Gasteiger partial charge in [0, 0.05) is 15.8 Å². The summed E-state index contributed by atoms with van der Waals surface area (Å²) in [5.41, 5.74) is 7.38. The standard InChI is InChI=1S/C16H19N3OS2/c1-21-12-6-4-11(5-7-12)13-10-22-15(18-13)19-14(20)16(17)8-2-3-9-16/h4-7,10H,2-3,8-9,17H2,1H3,(H,18,19,20). The Hall–Kier alpha value is -1.37. The molecule has 0 aliphatic heterocycles. The molecule has 1 aliphatic carbocycles. The van der Waals surface area contributed by atoms with Gasteiger partial charge in [0.15, 0.2) is 5.13 Å². The van der Waals surface area contributed by atoms with Crippen LogP contribution in [0.25, 0.3) is 11.3 Å². The number of carbonyl (C=O) groups excluding carboxylic acids is 1. The van der Waals surface area contributed by atoms with Crippen LogP contribution < -0.4 is 11.1 Å². The normalized spacial score (nSPS) is 16.6. The lowest BCUT2D eigenvalue weighted by Crippen LogP contribution is -2.48. The highest BCUT2D eigenvalue weighted by atomic mass is 32.2. The van der Waals surface area contributed by atoms with Crippen molar-refractivity contribution in [2.45, 2.75) is 36.1 Å². The van der Waals surface area contributed by atoms with E-state index in [1.807, 2.05) is 17.5 Å². The molecule has 1 amide bonds. The maximum Gasteiger partial charge on any atom is 0.246 e. The summed E-state index contributed by atoms with van der Waals surface area (Å²) in [6.45, 7) is 0. The number of thioether (sulfide) groups is 1. The fraction of sp³-hybridized carbons (Fsp3) is 0.375. The average molecular weight is 333 g/mol. The summed E-state index contributed by atoms with van der Waals surface area (Å²) in [6.07, 6.45) is 5.61. The maximum atomic E-state index is 12.3. The molecule has 116 valence electrons. The number of anilines is 1. The molecule has 6 heteroatoms. The fourth-order valence-electron chi connectivity index (χ4n) is 2.68. The van der Waals surface area contributed by atoms with E-state index in [4.69, 9.17) is 5.73 Å². The Labute approximate surface area is 138 Å². The van der Waals surface area contributed by atoms with Crippen molar-refractivity contribution in [1.82, 2.24) is 4.98 Å². The third-order valence-corrected chi connectivity index (χ3v) is 5.56. The van der Waals surface area contributed by atoms with Gasteiger partial charge in [-0.15, -0.1) is 23.1 Å². The Morgan fingerprint density at radius 1 is 1.32 bits per heavy atom. The molecule has 3 N–H and O–H groups in total. The number of thiazole rings is 1. The lowest BCUT2D eigenvalue weighted by atomic mass is 9.98. The van der Waals surface area contributed by atoms with E-state index < -0.39 is 5.54 Å². The van der Waals surface area contributed by atoms with Gasteiger partial charge in [0.25, 0.3) is 0 Å². The first-order valence-corrected chi connectivity index (χ1v) is 9.41. The van der Waals surface area contributed by atoms with Crippen LogP contribution in [0.3, 0.4) is 0 Å². The van der Waals surface area contributed by atoms with Gasteiger partial charge in [-0.05, 0) is 31.2 Å². The first-order valence-electron chi connectivity index (χ1n) is 7.31. The predicted octanol–water partition coefficient (Wildman–Crippen LogP) is 3.74. The Morgan fingerprint density at radius 2 is 2.00 bits per heavy atom. The van der Waals surface area contributed by atoms with Crippen LogP contribution in [0, 0.1) is 0 Å². The smallest absolute Gasteiger partial charge is 0.246 e. The van der Waals surface area contributed by atoms with Crippen LogP contribution in [-0.2, 0) is 4.79 Å². The molecule has 1 aromatic heterocycles. The van der Waals surface area contributed by atoms with Crippen LogP contribution in [0.4, 0.5) is 5.13 Å². The molecule has 1 saturated carbocycles. The Balaban J connectivity index is 1.71. The summed E-state index contributed by atoms with van der Waals surface area (Å²) in [4.78, 5) is 18.0. The van der Waals surface area contributed by atoms with Gasteiger partial charge in [-0.2, -0.15) is 0 Å². The van der Waals surface area contributed by atoms with E-state index in [1.54, 1.807) is 11.8 Å². The molecule has 0 radical (unpaired) electrons. The number of aromatic nitrogens is 1. The second-order valence-electron chi connectivity index (χ2n) is 5.58. The summed E-state index contributed by atoms with van der Waals surface area (Å²) in [5, 5.41) is 5.45. The zero-order valence-corrected chi connectivity index (χ0v) is 14.1. The summed E-state index contributed by atoms with van der Waals surface area (Å²) in [6, 6.07) is 8.25. The topological polar surface area (TPSA) is 68.0 Å². The Morgan fingerprint density at radius 3 is 2.64 bits per heavy atom. The highest BCUT2D eigenvalue weighted by molar-refractivity contribution is 7.98. The molecular weight excluding hydrogens is 314 g/mol. The Bertz CT molecular complexity index is 660. The molecule has 1 fully saturated rings. The van der Waals surface area contributed by atoms with Crippen LogP contribution in [0.2, 0.25) is 0 Å². The number of carbonyl (C=O) groups is 1. The zero-order chi connectivity index (χ0) is 15.6. The van der Waals surface area contributed by atoms with E-state index in [1.165, 1.54) is 16.2 Å². The Kier molecular flexibility index (Phi) is 4.52. The van der Waals surface area contributed by atoms with Crippen molar-refractivity contribution < 1.29 is 4.79 Å². The SMILES string of the molecule is CSc1ccc(-c2csc(NC(=O)C3(N)CCCC3)n2)cc1. The van der Waals surface area contributed by atoms with Crippen LogP contribution in [-0.4, -0.2) is 22.7 Å². The summed E-state index contributed by atoms with van der Waals surface area (Å²) >= 11 is 3.15. The first-order chi connectivity index (χ1) is 10.6. The lowest BCUT2D eigenvalue weighted by Gasteiger charge is -2.21. The van der Waals surface area contributed by atoms with E-state index in [0.717, 1.165) is 36.9 Å². The van der Waals surface area contributed by atoms with E-state index in [0.29, 0.717) is 5.13 Å². The van der Waals surface area contributed by atoms with Gasteiger partial charge in [0.2, 0.25) is 5.91 Å². The largest absolute Gasteiger partial charge is 0.317 e. The number of nitrogens with two attached hydrogens (primary N) is 1. The molecule has 1 aliphatic rings. The predicted molar refractivity (Wildman–Crippen MR) is 93.3 cm³/mol. The van der Waals surface area contributed by atoms with Gasteiger partial charge in [-0.1, -0.05) is 25.0 Å². The molecule has 3 rings (SSSR count). The summed E-state index contributed by atoms with van der Waals surface area (Å²) in [5.74, 6) is -0.108. The number of nitrogens with zero attached hydrogens (tertiary/aromatic N) is 1. The molecule has 2 aromatic rings. The van der Waals surface area contributed by atoms with Gasteiger partial charge >= 0.3 is 0 Å². The number of hydrogen-bond donors (Lipinski definition) is 2. The van der Waals surface area contributed by atoms with Gasteiger partial charge in [-0.25, -0.2) is 4.98 Å². The number of amides is 1. The van der Waals surface area contributed by atoms with Crippen LogP contribution in [0.1, 0.15) is 25.7 Å². The van der Waals surface area contributed by atoms with Crippen molar-refractivity contribution in [2.24, 2.45) is 5.73 Å². The van der Waals surface area contributed by atoms with E-state index in [-0.39, 0.29) is 5.91 Å². The second-order valence-corrected chi connectivity index (χ2v) is 7.32. The molecule has 1 heterocycles. The van der Waals surface area contributed by atoms with Crippen LogP contribution in [0.5, 0.6) is 0 Å². The quantitative estimate of drug-likeness (QED) is 0.836. The molecule has 22 heavy (non-hydrogen) atoms. The number of benzene rings is 1. The van der Waals surface area contributed by atoms with E-state index >= 15 is 0 Å². The van der Waals surface area contributed by atoms with Crippen molar-refractivity contribution in [3.05, 3.63) is 29.6 Å². The molecule has 0 bridgehead atoms. The summed E-state index contributed by atoms with van der Waals surface area (Å²) < 4.78 is 0. The average Bonchev–Trinajstić information content (AvgIpc) is 3.17. The first kappa shape index (κ1) is 15.5. The van der Waals surface area contributed by atoms with Crippen molar-refractivity contribution in [3.8, 4) is 11.3 Å². The molecule has 4 nitrogen and oxygen atoms in total. The van der Waals surface area contributed by atoms with Gasteiger partial charge in [0.05, 0.1) is 11.2 Å². The number of nitrogens with one attached hydrogen (secondary N) is 1. The second kappa shape index (κ2) is 6.40. The van der Waals surface area contributed by atoms with Gasteiger partial charge < -0.3 is 11.1 Å². The molecule has 0 atom stereocenters. The maximum absolute atomic E-state index is 12.3. The minimum absolute atomic E-state index is 0.108. The summed E-state index contributed by atoms with van der Waals surface area (Å²) in [7, 11) is 0. The third-order valence-electron chi connectivity index (χ3n) is 4.06. The van der Waals surface area contributed by atoms with Crippen LogP contribution in [0.15, 0.2) is 34.5 Å². The lowest BCUT2D eigenvalue weighted by molar-refractivity contribution is -0.121. The van der Waals surface area contributed by atoms with Crippen molar-refractivity contribution in [3.63, 3.8) is 0 Å². The van der Waals surface area contributed by atoms with E-state index in [2.05, 4.69) is 28.7 Å². The van der Waals surface area contributed by atoms with Gasteiger partial charge in [0.1, 0.15) is 0 Å². The minimum Gasteiger partial charge on any atom is -0.317 e. The molecular formula is C16H19N3OS2. The van der Waals surface area contributed by atoms with Crippen molar-refractivity contribution in [2.75, 3.05) is 11.6 Å². The van der Waals surface area contributed by atoms with Crippen molar-refractivity contribution >= 4 is 34.1 Å². The zero-order valence-electron chi connectivity index (χ0n) is 12.5. The molecule has 0 unspecified atom stereocenters. The highest BCUT2D eigenvalue weighted by Gasteiger charge is 2.37.